The van der Waals surface area contributed by atoms with Gasteiger partial charge in [0.2, 0.25) is 5.91 Å². The van der Waals surface area contributed by atoms with Gasteiger partial charge >= 0.3 is 0 Å². The van der Waals surface area contributed by atoms with Gasteiger partial charge in [-0.15, -0.1) is 0 Å². The van der Waals surface area contributed by atoms with Crippen LogP contribution in [0.4, 0.5) is 5.69 Å². The smallest absolute Gasteiger partial charge is 0.225 e. The average molecular weight is 276 g/mol. The van der Waals surface area contributed by atoms with Gasteiger partial charge in [-0.25, -0.2) is 0 Å². The number of rotatable bonds is 7. The van der Waals surface area contributed by atoms with Gasteiger partial charge in [-0.1, -0.05) is 18.2 Å². The first-order chi connectivity index (χ1) is 9.74. The number of amides is 1. The predicted octanol–water partition coefficient (Wildman–Crippen LogP) is 2.56. The third-order valence-corrected chi connectivity index (χ3v) is 3.53. The van der Waals surface area contributed by atoms with Gasteiger partial charge in [0, 0.05) is 24.8 Å². The third kappa shape index (κ3) is 5.31. The monoisotopic (exact) mass is 276 g/mol. The highest BCUT2D eigenvalue weighted by Gasteiger charge is 2.15. The Labute approximate surface area is 120 Å². The highest BCUT2D eigenvalue weighted by atomic mass is 16.5. The fourth-order valence-electron chi connectivity index (χ4n) is 2.45. The molecule has 0 unspecified atom stereocenters. The molecule has 1 aliphatic heterocycles. The first kappa shape index (κ1) is 15.0. The summed E-state index contributed by atoms with van der Waals surface area (Å²) in [6.45, 7) is 3.85. The van der Waals surface area contributed by atoms with Crippen LogP contribution in [0.3, 0.4) is 0 Å². The van der Waals surface area contributed by atoms with E-state index in [1.54, 1.807) is 0 Å². The molecule has 4 heteroatoms. The van der Waals surface area contributed by atoms with Crippen molar-refractivity contribution in [3.63, 3.8) is 0 Å². The van der Waals surface area contributed by atoms with Crippen molar-refractivity contribution in [1.29, 1.82) is 0 Å². The largest absolute Gasteiger partial charge is 0.378 e. The zero-order valence-electron chi connectivity index (χ0n) is 12.1. The number of hydrogen-bond donors (Lipinski definition) is 2. The van der Waals surface area contributed by atoms with E-state index in [0.29, 0.717) is 12.5 Å². The van der Waals surface area contributed by atoms with Crippen molar-refractivity contribution < 1.29 is 9.53 Å². The van der Waals surface area contributed by atoms with E-state index >= 15 is 0 Å². The summed E-state index contributed by atoms with van der Waals surface area (Å²) in [5, 5.41) is 6.29. The van der Waals surface area contributed by atoms with Gasteiger partial charge in [0.05, 0.1) is 6.10 Å². The molecule has 1 aromatic rings. The van der Waals surface area contributed by atoms with Gasteiger partial charge in [-0.3, -0.25) is 4.79 Å². The highest BCUT2D eigenvalue weighted by molar-refractivity contribution is 5.90. The lowest BCUT2D eigenvalue weighted by Crippen LogP contribution is -2.32. The average Bonchev–Trinajstić information content (AvgIpc) is 2.93. The van der Waals surface area contributed by atoms with Crippen LogP contribution in [0.5, 0.6) is 0 Å². The number of carbonyl (C=O) groups excluding carboxylic acids is 1. The van der Waals surface area contributed by atoms with Crippen LogP contribution < -0.4 is 10.6 Å². The van der Waals surface area contributed by atoms with Gasteiger partial charge in [0.1, 0.15) is 0 Å². The minimum atomic E-state index is 0.0494. The minimum absolute atomic E-state index is 0.0494. The molecule has 0 aromatic heterocycles. The number of carbonyl (C=O) groups is 1. The number of para-hydroxylation sites is 1. The van der Waals surface area contributed by atoms with Crippen LogP contribution in [-0.2, 0) is 9.53 Å². The zero-order valence-corrected chi connectivity index (χ0v) is 12.1. The number of anilines is 1. The summed E-state index contributed by atoms with van der Waals surface area (Å²) in [4.78, 5) is 11.9. The van der Waals surface area contributed by atoms with Crippen molar-refractivity contribution in [2.24, 2.45) is 0 Å². The molecular weight excluding hydrogens is 252 g/mol. The van der Waals surface area contributed by atoms with E-state index in [1.807, 2.05) is 37.3 Å². The Bertz CT molecular complexity index is 402. The summed E-state index contributed by atoms with van der Waals surface area (Å²) in [6.07, 6.45) is 4.28. The molecule has 1 fully saturated rings. The third-order valence-electron chi connectivity index (χ3n) is 3.53. The van der Waals surface area contributed by atoms with Crippen molar-refractivity contribution in [3.05, 3.63) is 30.3 Å². The molecule has 1 saturated heterocycles. The molecule has 0 radical (unpaired) electrons. The summed E-state index contributed by atoms with van der Waals surface area (Å²) in [7, 11) is 0. The molecule has 110 valence electrons. The van der Waals surface area contributed by atoms with Crippen LogP contribution in [0, 0.1) is 0 Å². The Balaban J connectivity index is 1.60. The normalized spacial score (nSPS) is 19.8. The lowest BCUT2D eigenvalue weighted by Gasteiger charge is -2.15. The first-order valence-corrected chi connectivity index (χ1v) is 7.44. The van der Waals surface area contributed by atoms with E-state index in [1.165, 1.54) is 12.8 Å². The standard InChI is InChI=1S/C16H24N2O2/c1-13(17-10-9-15-8-5-11-20-15)12-16(19)18-14-6-3-2-4-7-14/h2-4,6-7,13,15,17H,5,8-12H2,1H3,(H,18,19)/t13-,15-/m1/s1. The molecule has 1 aliphatic rings. The van der Waals surface area contributed by atoms with E-state index in [-0.39, 0.29) is 11.9 Å². The second-order valence-electron chi connectivity index (χ2n) is 5.40. The number of ether oxygens (including phenoxy) is 1. The Hall–Kier alpha value is -1.39. The summed E-state index contributed by atoms with van der Waals surface area (Å²) in [5.41, 5.74) is 0.851. The Morgan fingerprint density at radius 3 is 2.90 bits per heavy atom. The van der Waals surface area contributed by atoms with E-state index < -0.39 is 0 Å². The second-order valence-corrected chi connectivity index (χ2v) is 5.40. The molecule has 1 aromatic carbocycles. The Morgan fingerprint density at radius 1 is 1.40 bits per heavy atom. The molecule has 1 amide bonds. The van der Waals surface area contributed by atoms with Crippen molar-refractivity contribution >= 4 is 11.6 Å². The molecule has 0 bridgehead atoms. The molecular formula is C16H24N2O2. The van der Waals surface area contributed by atoms with Gasteiger partial charge < -0.3 is 15.4 Å². The maximum absolute atomic E-state index is 11.9. The zero-order chi connectivity index (χ0) is 14.2. The molecule has 2 rings (SSSR count). The van der Waals surface area contributed by atoms with Crippen molar-refractivity contribution in [3.8, 4) is 0 Å². The SMILES string of the molecule is C[C@H](CC(=O)Nc1ccccc1)NCC[C@H]1CCCO1. The summed E-state index contributed by atoms with van der Waals surface area (Å²) >= 11 is 0. The predicted molar refractivity (Wildman–Crippen MR) is 80.7 cm³/mol. The Kier molecular flexibility index (Phi) is 6.02. The second kappa shape index (κ2) is 8.02. The van der Waals surface area contributed by atoms with E-state index in [0.717, 1.165) is 25.3 Å². The van der Waals surface area contributed by atoms with Crippen LogP contribution >= 0.6 is 0 Å². The molecule has 1 heterocycles. The van der Waals surface area contributed by atoms with Gasteiger partial charge in [0.25, 0.3) is 0 Å². The van der Waals surface area contributed by atoms with Crippen molar-refractivity contribution in [2.45, 2.75) is 44.8 Å². The summed E-state index contributed by atoms with van der Waals surface area (Å²) in [5.74, 6) is 0.0494. The summed E-state index contributed by atoms with van der Waals surface area (Å²) < 4.78 is 5.58. The molecule has 4 nitrogen and oxygen atoms in total. The van der Waals surface area contributed by atoms with E-state index in [9.17, 15) is 4.79 Å². The fourth-order valence-corrected chi connectivity index (χ4v) is 2.45. The van der Waals surface area contributed by atoms with Crippen LogP contribution in [0.2, 0.25) is 0 Å². The molecule has 0 aliphatic carbocycles. The Morgan fingerprint density at radius 2 is 2.20 bits per heavy atom. The molecule has 0 spiro atoms. The van der Waals surface area contributed by atoms with E-state index in [4.69, 9.17) is 4.74 Å². The van der Waals surface area contributed by atoms with Gasteiger partial charge in [0.15, 0.2) is 0 Å². The maximum Gasteiger partial charge on any atom is 0.225 e. The van der Waals surface area contributed by atoms with Crippen LogP contribution in [0.25, 0.3) is 0 Å². The van der Waals surface area contributed by atoms with Crippen molar-refractivity contribution in [2.75, 3.05) is 18.5 Å². The molecule has 0 saturated carbocycles. The van der Waals surface area contributed by atoms with Crippen LogP contribution in [-0.4, -0.2) is 31.2 Å². The molecule has 2 atom stereocenters. The van der Waals surface area contributed by atoms with Gasteiger partial charge in [-0.2, -0.15) is 0 Å². The number of benzene rings is 1. The topological polar surface area (TPSA) is 50.4 Å². The number of nitrogens with one attached hydrogen (secondary N) is 2. The van der Waals surface area contributed by atoms with E-state index in [2.05, 4.69) is 10.6 Å². The lowest BCUT2D eigenvalue weighted by molar-refractivity contribution is -0.116. The fraction of sp³-hybridized carbons (Fsp3) is 0.562. The van der Waals surface area contributed by atoms with Crippen molar-refractivity contribution in [1.82, 2.24) is 5.32 Å². The maximum atomic E-state index is 11.9. The number of hydrogen-bond acceptors (Lipinski definition) is 3. The minimum Gasteiger partial charge on any atom is -0.378 e. The quantitative estimate of drug-likeness (QED) is 0.804. The van der Waals surface area contributed by atoms with Crippen LogP contribution in [0.15, 0.2) is 30.3 Å². The highest BCUT2D eigenvalue weighted by Crippen LogP contribution is 2.14. The molecule has 2 N–H and O–H groups in total. The summed E-state index contributed by atoms with van der Waals surface area (Å²) in [6, 6.07) is 9.74. The van der Waals surface area contributed by atoms with Crippen LogP contribution in [0.1, 0.15) is 32.6 Å². The van der Waals surface area contributed by atoms with Gasteiger partial charge in [-0.05, 0) is 44.9 Å². The lowest BCUT2D eigenvalue weighted by atomic mass is 10.1. The molecule has 20 heavy (non-hydrogen) atoms. The first-order valence-electron chi connectivity index (χ1n) is 7.44.